The average Bonchev–Trinajstić information content (AvgIpc) is 2.51. The van der Waals surface area contributed by atoms with Gasteiger partial charge in [0.25, 0.3) is 0 Å². The maximum absolute atomic E-state index is 11.0. The van der Waals surface area contributed by atoms with E-state index < -0.39 is 6.09 Å². The lowest BCUT2D eigenvalue weighted by atomic mass is 9.97. The van der Waals surface area contributed by atoms with Crippen molar-refractivity contribution in [2.24, 2.45) is 4.99 Å². The van der Waals surface area contributed by atoms with Crippen LogP contribution in [0.1, 0.15) is 50.8 Å². The monoisotopic (exact) mass is 321 g/mol. The van der Waals surface area contributed by atoms with E-state index in [1.807, 2.05) is 27.7 Å². The molecule has 7 nitrogen and oxygen atoms in total. The van der Waals surface area contributed by atoms with Gasteiger partial charge < -0.3 is 14.8 Å². The maximum Gasteiger partial charge on any atom is 0.406 e. The number of nitrogens with zero attached hydrogens (tertiary/aromatic N) is 2. The molecule has 0 fully saturated rings. The smallest absolute Gasteiger partial charge is 0.406 e. The van der Waals surface area contributed by atoms with E-state index in [1.54, 1.807) is 12.1 Å². The van der Waals surface area contributed by atoms with Crippen LogP contribution in [-0.4, -0.2) is 37.4 Å². The van der Waals surface area contributed by atoms with Gasteiger partial charge in [0.05, 0.1) is 5.69 Å². The molecule has 1 aromatic heterocycles. The van der Waals surface area contributed by atoms with Crippen molar-refractivity contribution in [3.63, 3.8) is 0 Å². The molecule has 0 spiro atoms. The molecular formula is C16H23N3O4. The Morgan fingerprint density at radius 2 is 2.00 bits per heavy atom. The molecule has 23 heavy (non-hydrogen) atoms. The second-order valence-corrected chi connectivity index (χ2v) is 5.53. The second-order valence-electron chi connectivity index (χ2n) is 5.53. The van der Waals surface area contributed by atoms with Gasteiger partial charge in [0.15, 0.2) is 0 Å². The minimum absolute atomic E-state index is 0.0743. The number of carbonyl (C=O) groups is 1. The molecule has 0 aliphatic heterocycles. The van der Waals surface area contributed by atoms with Crippen LogP contribution < -0.4 is 10.1 Å². The molecule has 1 heterocycles. The quantitative estimate of drug-likeness (QED) is 0.473. The van der Waals surface area contributed by atoms with Crippen molar-refractivity contribution >= 4 is 17.9 Å². The van der Waals surface area contributed by atoms with Gasteiger partial charge in [-0.15, -0.1) is 0 Å². The fourth-order valence-corrected chi connectivity index (χ4v) is 1.99. The van der Waals surface area contributed by atoms with Crippen LogP contribution in [0.15, 0.2) is 11.1 Å². The van der Waals surface area contributed by atoms with Gasteiger partial charge in [0.2, 0.25) is 12.0 Å². The van der Waals surface area contributed by atoms with Gasteiger partial charge in [-0.25, -0.2) is 14.6 Å². The zero-order chi connectivity index (χ0) is 17.4. The minimum atomic E-state index is -0.511. The Morgan fingerprint density at radius 3 is 2.52 bits per heavy atom. The first-order valence-corrected chi connectivity index (χ1v) is 7.50. The highest BCUT2D eigenvalue weighted by atomic mass is 16.6. The van der Waals surface area contributed by atoms with Gasteiger partial charge in [-0.3, -0.25) is 0 Å². The van der Waals surface area contributed by atoms with E-state index in [1.165, 1.54) is 7.05 Å². The van der Waals surface area contributed by atoms with Crippen LogP contribution in [-0.2, 0) is 9.53 Å². The van der Waals surface area contributed by atoms with Gasteiger partial charge in [0.1, 0.15) is 18.9 Å². The lowest BCUT2D eigenvalue weighted by Gasteiger charge is -2.17. The summed E-state index contributed by atoms with van der Waals surface area (Å²) in [7, 11) is 1.49. The first-order valence-electron chi connectivity index (χ1n) is 7.50. The molecular weight excluding hydrogens is 298 g/mol. The van der Waals surface area contributed by atoms with Gasteiger partial charge in [-0.05, 0) is 17.4 Å². The summed E-state index contributed by atoms with van der Waals surface area (Å²) in [6.45, 7) is 8.24. The highest BCUT2D eigenvalue weighted by Gasteiger charge is 2.18. The van der Waals surface area contributed by atoms with Crippen LogP contribution in [0.2, 0.25) is 0 Å². The van der Waals surface area contributed by atoms with Crippen molar-refractivity contribution in [3.8, 4) is 5.88 Å². The number of hydrogen-bond acceptors (Lipinski definition) is 6. The zero-order valence-corrected chi connectivity index (χ0v) is 14.2. The Balaban J connectivity index is 3.01. The summed E-state index contributed by atoms with van der Waals surface area (Å²) < 4.78 is 10.4. The molecule has 1 rings (SSSR count). The standard InChI is InChI=1S/C16H23N3O4/c1-10(2)12-8-13(22-6-7-23-16(21)17-5)19-14(11(3)4)15(12)18-9-20/h8,10-11H,6-7H2,1-5H3,(H,17,21). The topological polar surface area (TPSA) is 89.9 Å². The molecule has 0 atom stereocenters. The fraction of sp³-hybridized carbons (Fsp3) is 0.562. The Bertz CT molecular complexity index is 564. The molecule has 0 bridgehead atoms. The summed E-state index contributed by atoms with van der Waals surface area (Å²) in [4.78, 5) is 29.9. The third-order valence-electron chi connectivity index (χ3n) is 3.12. The van der Waals surface area contributed by atoms with Crippen molar-refractivity contribution in [2.45, 2.75) is 39.5 Å². The highest BCUT2D eigenvalue weighted by Crippen LogP contribution is 2.35. The molecule has 126 valence electrons. The molecule has 0 unspecified atom stereocenters. The molecule has 0 saturated carbocycles. The van der Waals surface area contributed by atoms with E-state index in [0.717, 1.165) is 5.56 Å². The lowest BCUT2D eigenvalue weighted by molar-refractivity contribution is 0.125. The number of nitrogens with one attached hydrogen (secondary N) is 1. The van der Waals surface area contributed by atoms with Crippen LogP contribution in [0.3, 0.4) is 0 Å². The Hall–Kier alpha value is -2.40. The van der Waals surface area contributed by atoms with Crippen LogP contribution in [0.5, 0.6) is 5.88 Å². The Kier molecular flexibility index (Phi) is 7.22. The highest BCUT2D eigenvalue weighted by molar-refractivity contribution is 5.66. The van der Waals surface area contributed by atoms with Gasteiger partial charge in [0, 0.05) is 13.1 Å². The molecule has 0 radical (unpaired) electrons. The van der Waals surface area contributed by atoms with Gasteiger partial charge in [-0.1, -0.05) is 27.7 Å². The lowest BCUT2D eigenvalue weighted by Crippen LogP contribution is -2.22. The van der Waals surface area contributed by atoms with E-state index >= 15 is 0 Å². The number of carbonyl (C=O) groups excluding carboxylic acids is 2. The third-order valence-corrected chi connectivity index (χ3v) is 3.12. The van der Waals surface area contributed by atoms with Crippen molar-refractivity contribution in [1.82, 2.24) is 10.3 Å². The third kappa shape index (κ3) is 5.38. The number of hydrogen-bond donors (Lipinski definition) is 1. The van der Waals surface area contributed by atoms with Crippen LogP contribution in [0.4, 0.5) is 10.5 Å². The van der Waals surface area contributed by atoms with E-state index in [-0.39, 0.29) is 25.0 Å². The first-order chi connectivity index (χ1) is 10.9. The fourth-order valence-electron chi connectivity index (χ4n) is 1.99. The SMILES string of the molecule is CNC(=O)OCCOc1cc(C(C)C)c(N=C=O)c(C(C)C)n1. The van der Waals surface area contributed by atoms with Crippen LogP contribution in [0.25, 0.3) is 0 Å². The molecule has 0 aromatic carbocycles. The summed E-state index contributed by atoms with van der Waals surface area (Å²) in [5.41, 5.74) is 2.11. The summed E-state index contributed by atoms with van der Waals surface area (Å²) in [5.74, 6) is 0.639. The average molecular weight is 321 g/mol. The van der Waals surface area contributed by atoms with E-state index in [4.69, 9.17) is 9.47 Å². The van der Waals surface area contributed by atoms with Crippen molar-refractivity contribution in [3.05, 3.63) is 17.3 Å². The Labute approximate surface area is 136 Å². The largest absolute Gasteiger partial charge is 0.474 e. The maximum atomic E-state index is 11.0. The van der Waals surface area contributed by atoms with Crippen LogP contribution in [0, 0.1) is 0 Å². The van der Waals surface area contributed by atoms with Crippen molar-refractivity contribution in [1.29, 1.82) is 0 Å². The number of aromatic nitrogens is 1. The van der Waals surface area contributed by atoms with Gasteiger partial charge in [-0.2, -0.15) is 4.99 Å². The molecule has 1 amide bonds. The second kappa shape index (κ2) is 8.90. The number of aliphatic imine (C=N–C) groups is 1. The Morgan fingerprint density at radius 1 is 1.30 bits per heavy atom. The molecule has 0 aliphatic carbocycles. The van der Waals surface area contributed by atoms with E-state index in [0.29, 0.717) is 17.3 Å². The molecule has 0 saturated heterocycles. The van der Waals surface area contributed by atoms with Crippen molar-refractivity contribution in [2.75, 3.05) is 20.3 Å². The number of pyridine rings is 1. The number of alkyl carbamates (subject to hydrolysis) is 1. The normalized spacial score (nSPS) is 10.4. The minimum Gasteiger partial charge on any atom is -0.474 e. The summed E-state index contributed by atoms with van der Waals surface area (Å²) in [5, 5.41) is 2.35. The molecule has 1 aromatic rings. The van der Waals surface area contributed by atoms with Crippen molar-refractivity contribution < 1.29 is 19.1 Å². The molecule has 7 heteroatoms. The molecule has 1 N–H and O–H groups in total. The predicted molar refractivity (Wildman–Crippen MR) is 86.1 cm³/mol. The number of rotatable bonds is 7. The zero-order valence-electron chi connectivity index (χ0n) is 14.2. The predicted octanol–water partition coefficient (Wildman–Crippen LogP) is 3.03. The van der Waals surface area contributed by atoms with Gasteiger partial charge >= 0.3 is 6.09 Å². The number of isocyanates is 1. The summed E-state index contributed by atoms with van der Waals surface area (Å²) in [6.07, 6.45) is 1.08. The summed E-state index contributed by atoms with van der Waals surface area (Å²) in [6, 6.07) is 1.76. The first kappa shape index (κ1) is 18.6. The van der Waals surface area contributed by atoms with E-state index in [2.05, 4.69) is 15.3 Å². The number of amides is 1. The number of ether oxygens (including phenoxy) is 2. The molecule has 0 aliphatic rings. The van der Waals surface area contributed by atoms with E-state index in [9.17, 15) is 9.59 Å². The summed E-state index contributed by atoms with van der Waals surface area (Å²) >= 11 is 0. The van der Waals surface area contributed by atoms with Crippen LogP contribution >= 0.6 is 0 Å².